The highest BCUT2D eigenvalue weighted by Crippen LogP contribution is 2.39. The van der Waals surface area contributed by atoms with Crippen LogP contribution in [0.2, 0.25) is 5.54 Å². The smallest absolute Gasteiger partial charge is 0.481 e. The molecule has 0 spiro atoms. The van der Waals surface area contributed by atoms with Gasteiger partial charge in [-0.2, -0.15) is 0 Å². The van der Waals surface area contributed by atoms with E-state index in [9.17, 15) is 15.0 Å². The van der Waals surface area contributed by atoms with E-state index in [4.69, 9.17) is 18.4 Å². The molecule has 2 aliphatic heterocycles. The monoisotopic (exact) mass is 264 g/mol. The molecular formula is C9H16O7Si. The van der Waals surface area contributed by atoms with Crippen LogP contribution in [-0.2, 0) is 18.1 Å². The Bertz CT molecular complexity index is 322. The number of aliphatic carboxylic acids is 1. The third-order valence-electron chi connectivity index (χ3n) is 3.10. The second kappa shape index (κ2) is 4.30. The first-order chi connectivity index (χ1) is 7.87. The summed E-state index contributed by atoms with van der Waals surface area (Å²) in [6.07, 6.45) is -3.72. The third kappa shape index (κ3) is 2.00. The van der Waals surface area contributed by atoms with Crippen molar-refractivity contribution in [2.24, 2.45) is 5.92 Å². The highest BCUT2D eigenvalue weighted by atomic mass is 28.4. The van der Waals surface area contributed by atoms with E-state index in [1.54, 1.807) is 0 Å². The number of aliphatic hydroxyl groups is 2. The van der Waals surface area contributed by atoms with E-state index in [2.05, 4.69) is 0 Å². The van der Waals surface area contributed by atoms with Crippen LogP contribution in [0, 0.1) is 5.92 Å². The zero-order chi connectivity index (χ0) is 12.8. The summed E-state index contributed by atoms with van der Waals surface area (Å²) in [5, 5.41) is 28.5. The average Bonchev–Trinajstić information content (AvgIpc) is 2.47. The molecule has 5 unspecified atom stereocenters. The Morgan fingerprint density at radius 3 is 2.53 bits per heavy atom. The van der Waals surface area contributed by atoms with Crippen LogP contribution in [0.1, 0.15) is 13.8 Å². The number of aliphatic hydroxyl groups excluding tert-OH is 2. The van der Waals surface area contributed by atoms with Crippen molar-refractivity contribution in [3.05, 3.63) is 0 Å². The standard InChI is InChI=1S/C9H16O7Si/c1-4(2)17-14-3-5(8(11)12)6(10)7(15-17)9(13)16-17/h4-7,9-10,13H,3H2,1-2H3,(H,11,12). The van der Waals surface area contributed by atoms with E-state index in [1.807, 2.05) is 13.8 Å². The van der Waals surface area contributed by atoms with Crippen molar-refractivity contribution in [1.29, 1.82) is 0 Å². The predicted octanol–water partition coefficient (Wildman–Crippen LogP) is -0.839. The van der Waals surface area contributed by atoms with Crippen LogP contribution in [0.25, 0.3) is 0 Å². The van der Waals surface area contributed by atoms with E-state index >= 15 is 0 Å². The fourth-order valence-corrected chi connectivity index (χ4v) is 4.59. The van der Waals surface area contributed by atoms with E-state index in [1.165, 1.54) is 0 Å². The number of carboxylic acids is 1. The summed E-state index contributed by atoms with van der Waals surface area (Å²) in [7, 11) is -3.08. The van der Waals surface area contributed by atoms with Crippen molar-refractivity contribution in [2.75, 3.05) is 6.61 Å². The third-order valence-corrected chi connectivity index (χ3v) is 6.26. The Morgan fingerprint density at radius 1 is 1.35 bits per heavy atom. The van der Waals surface area contributed by atoms with Crippen molar-refractivity contribution < 1.29 is 33.4 Å². The Morgan fingerprint density at radius 2 is 2.00 bits per heavy atom. The van der Waals surface area contributed by atoms with E-state index in [0.717, 1.165) is 0 Å². The Hall–Kier alpha value is -0.513. The average molecular weight is 264 g/mol. The maximum absolute atomic E-state index is 11.0. The van der Waals surface area contributed by atoms with Gasteiger partial charge in [-0.15, -0.1) is 0 Å². The van der Waals surface area contributed by atoms with Crippen LogP contribution in [0.15, 0.2) is 0 Å². The van der Waals surface area contributed by atoms with Gasteiger partial charge in [-0.05, 0) is 0 Å². The minimum atomic E-state index is -3.08. The lowest BCUT2D eigenvalue weighted by Gasteiger charge is -2.27. The number of carboxylic acid groups (broad SMARTS) is 1. The summed E-state index contributed by atoms with van der Waals surface area (Å²) in [6, 6.07) is 0. The van der Waals surface area contributed by atoms with Crippen LogP contribution >= 0.6 is 0 Å². The minimum absolute atomic E-state index is 0.109. The number of hydrogen-bond acceptors (Lipinski definition) is 6. The van der Waals surface area contributed by atoms with E-state index < -0.39 is 39.2 Å². The van der Waals surface area contributed by atoms with Crippen LogP contribution in [0.3, 0.4) is 0 Å². The van der Waals surface area contributed by atoms with Crippen molar-refractivity contribution in [3.8, 4) is 0 Å². The number of rotatable bonds is 2. The van der Waals surface area contributed by atoms with Gasteiger partial charge in [0.25, 0.3) is 0 Å². The van der Waals surface area contributed by atoms with E-state index in [-0.39, 0.29) is 12.1 Å². The molecule has 98 valence electrons. The van der Waals surface area contributed by atoms with E-state index in [0.29, 0.717) is 0 Å². The first kappa shape index (κ1) is 12.9. The van der Waals surface area contributed by atoms with Gasteiger partial charge in [0.15, 0.2) is 6.29 Å². The molecule has 2 bridgehead atoms. The molecule has 0 aromatic rings. The fraction of sp³-hybridized carbons (Fsp3) is 0.889. The van der Waals surface area contributed by atoms with Crippen LogP contribution < -0.4 is 0 Å². The van der Waals surface area contributed by atoms with Crippen LogP contribution in [0.4, 0.5) is 0 Å². The second-order valence-electron chi connectivity index (χ2n) is 4.60. The summed E-state index contributed by atoms with van der Waals surface area (Å²) in [6.45, 7) is 3.47. The largest absolute Gasteiger partial charge is 0.506 e. The van der Waals surface area contributed by atoms with Gasteiger partial charge in [0.05, 0.1) is 12.7 Å². The van der Waals surface area contributed by atoms with Gasteiger partial charge in [-0.1, -0.05) is 13.8 Å². The molecule has 2 heterocycles. The molecule has 3 N–H and O–H groups in total. The van der Waals surface area contributed by atoms with Gasteiger partial charge in [0.1, 0.15) is 12.0 Å². The lowest BCUT2D eigenvalue weighted by Crippen LogP contribution is -2.47. The van der Waals surface area contributed by atoms with Crippen molar-refractivity contribution >= 4 is 14.8 Å². The molecule has 7 nitrogen and oxygen atoms in total. The van der Waals surface area contributed by atoms with Gasteiger partial charge < -0.3 is 28.6 Å². The van der Waals surface area contributed by atoms with Crippen molar-refractivity contribution in [1.82, 2.24) is 0 Å². The van der Waals surface area contributed by atoms with Crippen molar-refractivity contribution in [3.63, 3.8) is 0 Å². The lowest BCUT2D eigenvalue weighted by molar-refractivity contribution is -0.155. The number of hydrogen-bond donors (Lipinski definition) is 3. The molecule has 0 amide bonds. The normalized spacial score (nSPS) is 45.9. The zero-order valence-electron chi connectivity index (χ0n) is 9.57. The van der Waals surface area contributed by atoms with Gasteiger partial charge in [-0.25, -0.2) is 0 Å². The fourth-order valence-electron chi connectivity index (χ4n) is 2.01. The second-order valence-corrected chi connectivity index (χ2v) is 7.72. The molecule has 17 heavy (non-hydrogen) atoms. The molecule has 0 aliphatic carbocycles. The summed E-state index contributed by atoms with van der Waals surface area (Å²) in [5.74, 6) is -2.28. The number of fused-ring (bicyclic) bond motifs is 2. The van der Waals surface area contributed by atoms with Crippen LogP contribution in [0.5, 0.6) is 0 Å². The van der Waals surface area contributed by atoms with Gasteiger partial charge in [0.2, 0.25) is 0 Å². The molecule has 2 fully saturated rings. The van der Waals surface area contributed by atoms with Gasteiger partial charge in [-0.3, -0.25) is 4.79 Å². The quantitative estimate of drug-likeness (QED) is 0.558. The maximum atomic E-state index is 11.0. The van der Waals surface area contributed by atoms with Crippen molar-refractivity contribution in [2.45, 2.75) is 37.9 Å². The summed E-state index contributed by atoms with van der Waals surface area (Å²) in [4.78, 5) is 11.0. The Labute approximate surface area is 99.3 Å². The zero-order valence-corrected chi connectivity index (χ0v) is 10.6. The molecule has 8 heteroatoms. The molecule has 0 radical (unpaired) electrons. The summed E-state index contributed by atoms with van der Waals surface area (Å²) in [5.41, 5.74) is -0.109. The molecule has 2 saturated heterocycles. The molecule has 0 saturated carbocycles. The molecule has 2 aliphatic rings. The lowest BCUT2D eigenvalue weighted by atomic mass is 9.98. The highest BCUT2D eigenvalue weighted by molar-refractivity contribution is 6.62. The predicted molar refractivity (Wildman–Crippen MR) is 55.9 cm³/mol. The first-order valence-electron chi connectivity index (χ1n) is 5.46. The Kier molecular flexibility index (Phi) is 3.27. The topological polar surface area (TPSA) is 105 Å². The number of carbonyl (C=O) groups is 1. The Balaban J connectivity index is 2.28. The SMILES string of the molecule is CC(C)[Si]12OCC(C(=O)O)C(O)C(O1)C(O)O2. The molecule has 0 aromatic carbocycles. The highest BCUT2D eigenvalue weighted by Gasteiger charge is 2.61. The van der Waals surface area contributed by atoms with Crippen LogP contribution in [-0.4, -0.2) is 55.2 Å². The summed E-state index contributed by atoms with van der Waals surface area (Å²) >= 11 is 0. The molecule has 2 rings (SSSR count). The molecule has 5 atom stereocenters. The first-order valence-corrected chi connectivity index (χ1v) is 7.26. The maximum Gasteiger partial charge on any atom is 0.506 e. The summed E-state index contributed by atoms with van der Waals surface area (Å²) < 4.78 is 16.3. The molecular weight excluding hydrogens is 248 g/mol. The van der Waals surface area contributed by atoms with Gasteiger partial charge in [0, 0.05) is 5.54 Å². The minimum Gasteiger partial charge on any atom is -0.481 e. The van der Waals surface area contributed by atoms with Gasteiger partial charge >= 0.3 is 14.8 Å². The molecule has 0 aromatic heterocycles.